The molecule has 19 N–H and O–H groups in total. The van der Waals surface area contributed by atoms with Crippen LogP contribution in [0.2, 0.25) is 0 Å². The minimum Gasteiger partial charge on any atom is -0.394 e. The molecule has 3 rings (SSSR count). The average Bonchev–Trinajstić information content (AvgIpc) is 0.820. The summed E-state index contributed by atoms with van der Waals surface area (Å²) in [5, 5.41) is 112. The SMILES string of the molecule is C=P(O)(O)OCCCCCCNC(=O)[C@@H](CCCCNC(=O)COCCOCCOCCO[C@@H]1O[C@H](CO)[C@H](O)[C@H](O)[C@H]1NC(C)=O)NC(=O)[C@H](CCCCNC(=O)COCCOCCOCCO[C@@H]1O[C@H](CO)[C@H](O)[C@H](O)[C@H]1NC(C)=O)NC(=O)COCCOCCOCCO[C@@H]1O[C@H](CO)[C@H](O)[C@H](O)[C@H]1NC(C)=O. The Hall–Kier alpha value is -5.02. The Morgan fingerprint density at radius 1 is 0.360 bits per heavy atom. The number of aliphatic hydroxyl groups excluding tert-OH is 9. The maximum atomic E-state index is 14.2. The summed E-state index contributed by atoms with van der Waals surface area (Å²) in [4.78, 5) is 121. The summed E-state index contributed by atoms with van der Waals surface area (Å²) in [7, 11) is -3.63. The molecule has 3 aliphatic heterocycles. The lowest BCUT2D eigenvalue weighted by molar-refractivity contribution is -0.272. The highest BCUT2D eigenvalue weighted by Crippen LogP contribution is 2.35. The topological polar surface area (TPSA) is 603 Å². The summed E-state index contributed by atoms with van der Waals surface area (Å²) in [6.07, 6.45) is -8.68. The quantitative estimate of drug-likeness (QED) is 0.0199. The number of unbranched alkanes of at least 4 members (excludes halogenated alkanes) is 5. The van der Waals surface area contributed by atoms with Crippen LogP contribution in [0.1, 0.15) is 85.0 Å². The molecule has 0 radical (unpaired) electrons. The van der Waals surface area contributed by atoms with Crippen molar-refractivity contribution in [3.63, 3.8) is 0 Å². The van der Waals surface area contributed by atoms with Crippen LogP contribution in [0.4, 0.5) is 0 Å². The van der Waals surface area contributed by atoms with Crippen LogP contribution in [0.25, 0.3) is 0 Å². The summed E-state index contributed by atoms with van der Waals surface area (Å²) in [5.74, 6) is -4.23. The van der Waals surface area contributed by atoms with Gasteiger partial charge in [-0.15, -0.1) is 0 Å². The predicted molar refractivity (Wildman–Crippen MR) is 385 cm³/mol. The van der Waals surface area contributed by atoms with E-state index < -0.39 is 185 Å². The van der Waals surface area contributed by atoms with Crippen molar-refractivity contribution in [1.82, 2.24) is 42.5 Å². The van der Waals surface area contributed by atoms with Gasteiger partial charge in [0, 0.05) is 40.4 Å². The van der Waals surface area contributed by atoms with E-state index in [0.29, 0.717) is 51.4 Å². The van der Waals surface area contributed by atoms with Crippen LogP contribution in [0.15, 0.2) is 0 Å². The first kappa shape index (κ1) is 100. The molecule has 111 heavy (non-hydrogen) atoms. The molecular weight excluding hydrogens is 1510 g/mol. The van der Waals surface area contributed by atoms with E-state index in [9.17, 15) is 94.1 Å². The van der Waals surface area contributed by atoms with E-state index in [1.807, 2.05) is 0 Å². The summed E-state index contributed by atoms with van der Waals surface area (Å²) < 4.78 is 87.8. The fraction of sp³-hybridized carbons (Fsp3) is 0.866. The van der Waals surface area contributed by atoms with E-state index in [1.54, 1.807) is 0 Å². The Morgan fingerprint density at radius 3 is 0.991 bits per heavy atom. The van der Waals surface area contributed by atoms with Gasteiger partial charge in [0.25, 0.3) is 0 Å². The average molecular weight is 1630 g/mol. The first-order valence-corrected chi connectivity index (χ1v) is 39.0. The van der Waals surface area contributed by atoms with Gasteiger partial charge in [-0.2, -0.15) is 0 Å². The van der Waals surface area contributed by atoms with Crippen molar-refractivity contribution in [1.29, 1.82) is 0 Å². The standard InChI is InChI=1S/C67H123N8O35P/c1-43(79)71-54-60(88)57(85)48(37-76)108-65(54)104-34-31-98-22-19-95-25-28-101-40-51(82)68-15-10-7-13-46(63(91)70-17-9-5-6-12-18-107-111(4,93)94)75-64(92)47(74-53(84)42-103-30-27-97-21-24-100-33-36-106-67-56(73-45(3)81)62(90)59(87)50(39-78)110-67)14-8-11-16-69-52(83)41-102-29-26-96-20-23-99-32-35-105-66-55(72-44(2)80)61(89)58(86)49(38-77)109-66/h46-50,54-62,65-67,76-78,85-90,93-94H,4-42H2,1-3H3,(H,68,82)(H,69,83)(H,70,91)(H,71,79)(H,72,80)(H,73,81)(H,74,84)(H,75,92)/t46-,47+,48-,49-,50-,54-,55-,56-,57+,58+,59+,60-,61-,62-,65-,66-,67-/m1/s1. The Bertz CT molecular complexity index is 2640. The van der Waals surface area contributed by atoms with Crippen molar-refractivity contribution >= 4 is 61.1 Å². The van der Waals surface area contributed by atoms with Crippen LogP contribution in [0, 0.1) is 0 Å². The predicted octanol–water partition coefficient (Wildman–Crippen LogP) is -8.57. The van der Waals surface area contributed by atoms with E-state index in [2.05, 4.69) is 48.8 Å². The highest BCUT2D eigenvalue weighted by Gasteiger charge is 2.48. The van der Waals surface area contributed by atoms with Crippen LogP contribution < -0.4 is 42.5 Å². The van der Waals surface area contributed by atoms with Gasteiger partial charge in [-0.25, -0.2) is 0 Å². The lowest BCUT2D eigenvalue weighted by atomic mass is 9.97. The highest BCUT2D eigenvalue weighted by atomic mass is 31.2. The number of hydrogen-bond donors (Lipinski definition) is 19. The lowest BCUT2D eigenvalue weighted by Gasteiger charge is -2.42. The molecule has 3 fully saturated rings. The van der Waals surface area contributed by atoms with Gasteiger partial charge < -0.3 is 174 Å². The molecule has 0 aromatic carbocycles. The molecule has 44 heteroatoms. The molecule has 0 aromatic heterocycles. The number of hydrogen-bond acceptors (Lipinski definition) is 35. The van der Waals surface area contributed by atoms with Crippen molar-refractivity contribution in [2.75, 3.05) is 185 Å². The first-order valence-electron chi connectivity index (χ1n) is 37.2. The van der Waals surface area contributed by atoms with Crippen LogP contribution in [-0.4, -0.2) is 398 Å². The third-order valence-electron chi connectivity index (χ3n) is 16.6. The Balaban J connectivity index is 1.48. The van der Waals surface area contributed by atoms with Gasteiger partial charge >= 0.3 is 0 Å². The molecule has 0 saturated carbocycles. The van der Waals surface area contributed by atoms with Crippen molar-refractivity contribution in [3.8, 4) is 0 Å². The molecule has 8 amide bonds. The fourth-order valence-electron chi connectivity index (χ4n) is 11.0. The molecule has 43 nitrogen and oxygen atoms in total. The molecule has 0 aromatic rings. The summed E-state index contributed by atoms with van der Waals surface area (Å²) in [6, 6.07) is -5.60. The molecule has 646 valence electrons. The van der Waals surface area contributed by atoms with Gasteiger partial charge in [-0.1, -0.05) is 12.8 Å². The van der Waals surface area contributed by atoms with E-state index in [1.165, 1.54) is 20.8 Å². The Morgan fingerprint density at radius 2 is 0.658 bits per heavy atom. The number of ether oxygens (including phenoxy) is 15. The zero-order valence-corrected chi connectivity index (χ0v) is 64.5. The van der Waals surface area contributed by atoms with Gasteiger partial charge in [0.2, 0.25) is 54.8 Å². The fourth-order valence-corrected chi connectivity index (χ4v) is 11.4. The first-order chi connectivity index (χ1) is 53.2. The van der Waals surface area contributed by atoms with E-state index in [0.717, 1.165) is 0 Å². The molecular formula is C67H123N8O35P. The maximum absolute atomic E-state index is 14.2. The second-order valence-electron chi connectivity index (χ2n) is 25.8. The number of amides is 8. The zero-order valence-electron chi connectivity index (χ0n) is 63.6. The monoisotopic (exact) mass is 1630 g/mol. The number of rotatable bonds is 64. The smallest absolute Gasteiger partial charge is 0.246 e. The molecule has 0 bridgehead atoms. The maximum Gasteiger partial charge on any atom is 0.246 e. The van der Waals surface area contributed by atoms with Gasteiger partial charge in [0.15, 0.2) is 18.9 Å². The van der Waals surface area contributed by atoms with E-state index in [-0.39, 0.29) is 171 Å². The van der Waals surface area contributed by atoms with Gasteiger partial charge in [0.1, 0.15) is 105 Å². The van der Waals surface area contributed by atoms with Gasteiger partial charge in [-0.3, -0.25) is 38.4 Å². The van der Waals surface area contributed by atoms with Crippen molar-refractivity contribution in [2.45, 2.75) is 189 Å². The molecule has 0 unspecified atom stereocenters. The Kier molecular flexibility index (Phi) is 53.8. The normalized spacial score (nSPS) is 24.6. The summed E-state index contributed by atoms with van der Waals surface area (Å²) in [6.45, 7) is 2.78. The van der Waals surface area contributed by atoms with Crippen LogP contribution in [0.3, 0.4) is 0 Å². The summed E-state index contributed by atoms with van der Waals surface area (Å²) >= 11 is 0. The second-order valence-corrected chi connectivity index (χ2v) is 27.4. The van der Waals surface area contributed by atoms with E-state index >= 15 is 0 Å². The highest BCUT2D eigenvalue weighted by molar-refractivity contribution is 7.57. The van der Waals surface area contributed by atoms with Crippen molar-refractivity contribution < 1.29 is 170 Å². The lowest BCUT2D eigenvalue weighted by Crippen LogP contribution is -2.64. The number of carbonyl (C=O) groups is 8. The van der Waals surface area contributed by atoms with Gasteiger partial charge in [-0.05, 0) is 57.7 Å². The van der Waals surface area contributed by atoms with Crippen LogP contribution in [-0.2, 0) is 114 Å². The van der Waals surface area contributed by atoms with Crippen LogP contribution in [0.5, 0.6) is 0 Å². The Labute approximate surface area is 645 Å². The van der Waals surface area contributed by atoms with Crippen molar-refractivity contribution in [3.05, 3.63) is 0 Å². The molecule has 3 heterocycles. The van der Waals surface area contributed by atoms with E-state index in [4.69, 9.17) is 75.6 Å². The third-order valence-corrected chi connectivity index (χ3v) is 17.2. The molecule has 0 aliphatic carbocycles. The van der Waals surface area contributed by atoms with Crippen LogP contribution >= 0.6 is 7.57 Å². The number of nitrogens with one attached hydrogen (secondary N) is 8. The largest absolute Gasteiger partial charge is 0.394 e. The molecule has 17 atom stereocenters. The molecule has 0 spiro atoms. The van der Waals surface area contributed by atoms with Crippen molar-refractivity contribution in [2.24, 2.45) is 0 Å². The minimum atomic E-state index is -3.63. The molecule has 3 saturated heterocycles. The minimum absolute atomic E-state index is 0.0218. The number of carbonyl (C=O) groups excluding carboxylic acids is 8. The molecule has 3 aliphatic rings. The number of aliphatic hydroxyl groups is 9. The summed E-state index contributed by atoms with van der Waals surface area (Å²) in [5.41, 5.74) is 0. The van der Waals surface area contributed by atoms with Gasteiger partial charge in [0.05, 0.1) is 145 Å². The zero-order chi connectivity index (χ0) is 81.8. The second kappa shape index (κ2) is 59.6. The third kappa shape index (κ3) is 44.0.